The van der Waals surface area contributed by atoms with Gasteiger partial charge < -0.3 is 15.4 Å². The van der Waals surface area contributed by atoms with Crippen LogP contribution in [0.5, 0.6) is 0 Å². The van der Waals surface area contributed by atoms with Crippen molar-refractivity contribution in [3.05, 3.63) is 18.2 Å². The maximum atomic E-state index is 8.66. The summed E-state index contributed by atoms with van der Waals surface area (Å²) >= 11 is 0. The van der Waals surface area contributed by atoms with E-state index in [-0.39, 0.29) is 37.5 Å². The Morgan fingerprint density at radius 2 is 2.25 bits per heavy atom. The van der Waals surface area contributed by atoms with Gasteiger partial charge in [-0.2, -0.15) is 0 Å². The van der Waals surface area contributed by atoms with Crippen LogP contribution in [0.25, 0.3) is 0 Å². The van der Waals surface area contributed by atoms with Crippen molar-refractivity contribution in [3.8, 4) is 0 Å². The van der Waals surface area contributed by atoms with Crippen LogP contribution in [-0.2, 0) is 7.05 Å². The van der Waals surface area contributed by atoms with Crippen LogP contribution in [0, 0.1) is 0 Å². The number of hydrogen-bond donors (Lipinski definition) is 2. The van der Waals surface area contributed by atoms with Crippen LogP contribution in [0.4, 0.5) is 0 Å². The summed E-state index contributed by atoms with van der Waals surface area (Å²) in [5, 5.41) is 8.66. The molecule has 1 atom stereocenters. The average Bonchev–Trinajstić information content (AvgIpc) is 2.34. The van der Waals surface area contributed by atoms with Crippen molar-refractivity contribution in [2.75, 3.05) is 6.61 Å². The van der Waals surface area contributed by atoms with Crippen molar-refractivity contribution in [1.29, 1.82) is 0 Å². The number of aliphatic hydroxyl groups is 1. The number of imidazole rings is 1. The molecule has 6 heteroatoms. The Bertz CT molecular complexity index is 216. The van der Waals surface area contributed by atoms with Crippen LogP contribution in [-0.4, -0.2) is 21.3 Å². The molecule has 0 fully saturated rings. The molecule has 12 heavy (non-hydrogen) atoms. The highest BCUT2D eigenvalue weighted by molar-refractivity contribution is 5.85. The van der Waals surface area contributed by atoms with Crippen LogP contribution >= 0.6 is 24.8 Å². The van der Waals surface area contributed by atoms with Crippen LogP contribution in [0.2, 0.25) is 0 Å². The number of aliphatic hydroxyl groups excluding tert-OH is 1. The van der Waals surface area contributed by atoms with E-state index in [9.17, 15) is 0 Å². The van der Waals surface area contributed by atoms with Gasteiger partial charge in [-0.1, -0.05) is 0 Å². The molecule has 1 aromatic rings. The summed E-state index contributed by atoms with van der Waals surface area (Å²) in [6.07, 6.45) is 3.31. The van der Waals surface area contributed by atoms with Crippen LogP contribution in [0.1, 0.15) is 11.7 Å². The van der Waals surface area contributed by atoms with Crippen LogP contribution < -0.4 is 5.73 Å². The fourth-order valence-electron chi connectivity index (χ4n) is 0.818. The standard InChI is InChI=1S/C6H11N3O.2ClH/c1-9-4-8-2-6(9)5(7)3-10;;/h2,4-5,10H,3,7H2,1H3;2*1H. The van der Waals surface area contributed by atoms with Gasteiger partial charge >= 0.3 is 0 Å². The van der Waals surface area contributed by atoms with Gasteiger partial charge in [0.15, 0.2) is 0 Å². The third-order valence-electron chi connectivity index (χ3n) is 1.43. The highest BCUT2D eigenvalue weighted by Crippen LogP contribution is 2.05. The van der Waals surface area contributed by atoms with Gasteiger partial charge in [0.2, 0.25) is 0 Å². The summed E-state index contributed by atoms with van der Waals surface area (Å²) in [6.45, 7) is -0.0421. The van der Waals surface area contributed by atoms with Gasteiger partial charge in [-0.3, -0.25) is 0 Å². The van der Waals surface area contributed by atoms with Crippen molar-refractivity contribution < 1.29 is 5.11 Å². The molecule has 0 spiro atoms. The molecule has 1 unspecified atom stereocenters. The lowest BCUT2D eigenvalue weighted by Crippen LogP contribution is -2.17. The van der Waals surface area contributed by atoms with Gasteiger partial charge in [0, 0.05) is 13.2 Å². The van der Waals surface area contributed by atoms with E-state index in [4.69, 9.17) is 10.8 Å². The summed E-state index contributed by atoms with van der Waals surface area (Å²) in [5.74, 6) is 0. The lowest BCUT2D eigenvalue weighted by atomic mass is 10.2. The summed E-state index contributed by atoms with van der Waals surface area (Å²) in [6, 6.07) is -0.313. The maximum absolute atomic E-state index is 8.66. The fraction of sp³-hybridized carbons (Fsp3) is 0.500. The van der Waals surface area contributed by atoms with Crippen molar-refractivity contribution in [2.24, 2.45) is 12.8 Å². The molecule has 1 rings (SSSR count). The molecule has 1 aromatic heterocycles. The van der Waals surface area contributed by atoms with Crippen molar-refractivity contribution >= 4 is 24.8 Å². The molecule has 4 nitrogen and oxygen atoms in total. The van der Waals surface area contributed by atoms with Gasteiger partial charge in [0.25, 0.3) is 0 Å². The molecule has 0 aromatic carbocycles. The van der Waals surface area contributed by atoms with Gasteiger partial charge in [0.05, 0.1) is 24.7 Å². The van der Waals surface area contributed by atoms with Crippen LogP contribution in [0.15, 0.2) is 12.5 Å². The smallest absolute Gasteiger partial charge is 0.0946 e. The number of aryl methyl sites for hydroxylation is 1. The first kappa shape index (κ1) is 14.2. The van der Waals surface area contributed by atoms with Crippen LogP contribution in [0.3, 0.4) is 0 Å². The molecule has 0 saturated carbocycles. The molecule has 0 amide bonds. The van der Waals surface area contributed by atoms with E-state index in [0.717, 1.165) is 5.69 Å². The minimum atomic E-state index is -0.313. The van der Waals surface area contributed by atoms with Gasteiger partial charge in [0.1, 0.15) is 0 Å². The molecule has 0 aliphatic carbocycles. The summed E-state index contributed by atoms with van der Waals surface area (Å²) < 4.78 is 1.79. The van der Waals surface area contributed by atoms with Gasteiger partial charge in [-0.05, 0) is 0 Å². The zero-order valence-electron chi connectivity index (χ0n) is 6.67. The third kappa shape index (κ3) is 2.98. The summed E-state index contributed by atoms with van der Waals surface area (Å²) in [7, 11) is 1.85. The number of halogens is 2. The molecule has 0 radical (unpaired) electrons. The molecule has 3 N–H and O–H groups in total. The first-order valence-corrected chi connectivity index (χ1v) is 3.08. The highest BCUT2D eigenvalue weighted by atomic mass is 35.5. The van der Waals surface area contributed by atoms with Gasteiger partial charge in [-0.25, -0.2) is 4.98 Å². The normalized spacial score (nSPS) is 11.2. The second-order valence-corrected chi connectivity index (χ2v) is 2.22. The molecule has 1 heterocycles. The van der Waals surface area contributed by atoms with Crippen molar-refractivity contribution in [3.63, 3.8) is 0 Å². The van der Waals surface area contributed by atoms with Crippen molar-refractivity contribution in [1.82, 2.24) is 9.55 Å². The van der Waals surface area contributed by atoms with Gasteiger partial charge in [-0.15, -0.1) is 24.8 Å². The summed E-state index contributed by atoms with van der Waals surface area (Å²) in [4.78, 5) is 3.86. The van der Waals surface area contributed by atoms with E-state index in [2.05, 4.69) is 4.98 Å². The SMILES string of the molecule is Cl.Cl.Cn1cncc1C(N)CO. The van der Waals surface area contributed by atoms with E-state index < -0.39 is 0 Å². The quantitative estimate of drug-likeness (QED) is 0.741. The predicted octanol–water partition coefficient (Wildman–Crippen LogP) is 0.256. The highest BCUT2D eigenvalue weighted by Gasteiger charge is 2.06. The molecule has 0 aliphatic heterocycles. The Balaban J connectivity index is 0. The molecular weight excluding hydrogens is 201 g/mol. The second kappa shape index (κ2) is 6.25. The zero-order chi connectivity index (χ0) is 7.56. The molecule has 0 saturated heterocycles. The Morgan fingerprint density at radius 1 is 1.67 bits per heavy atom. The topological polar surface area (TPSA) is 64.1 Å². The zero-order valence-corrected chi connectivity index (χ0v) is 8.31. The maximum Gasteiger partial charge on any atom is 0.0946 e. The minimum absolute atomic E-state index is 0. The Kier molecular flexibility index (Phi) is 7.42. The van der Waals surface area contributed by atoms with E-state index in [1.54, 1.807) is 17.1 Å². The Labute approximate surface area is 83.6 Å². The molecule has 0 bridgehead atoms. The lowest BCUT2D eigenvalue weighted by molar-refractivity contribution is 0.264. The van der Waals surface area contributed by atoms with E-state index in [1.807, 2.05) is 7.05 Å². The lowest BCUT2D eigenvalue weighted by Gasteiger charge is -2.07. The third-order valence-corrected chi connectivity index (χ3v) is 1.43. The summed E-state index contributed by atoms with van der Waals surface area (Å²) in [5.41, 5.74) is 6.38. The Morgan fingerprint density at radius 3 is 2.58 bits per heavy atom. The first-order chi connectivity index (χ1) is 4.75. The molecule has 0 aliphatic rings. The largest absolute Gasteiger partial charge is 0.394 e. The number of nitrogens with two attached hydrogens (primary N) is 1. The monoisotopic (exact) mass is 213 g/mol. The van der Waals surface area contributed by atoms with Crippen molar-refractivity contribution in [2.45, 2.75) is 6.04 Å². The second-order valence-electron chi connectivity index (χ2n) is 2.22. The van der Waals surface area contributed by atoms with E-state index >= 15 is 0 Å². The fourth-order valence-corrected chi connectivity index (χ4v) is 0.818. The van der Waals surface area contributed by atoms with E-state index in [0.29, 0.717) is 0 Å². The number of aromatic nitrogens is 2. The number of nitrogens with zero attached hydrogens (tertiary/aromatic N) is 2. The molecule has 72 valence electrons. The minimum Gasteiger partial charge on any atom is -0.394 e. The number of hydrogen-bond acceptors (Lipinski definition) is 3. The van der Waals surface area contributed by atoms with E-state index in [1.165, 1.54) is 0 Å². The average molecular weight is 214 g/mol. The predicted molar refractivity (Wildman–Crippen MR) is 51.7 cm³/mol. The Hall–Kier alpha value is -0.290. The first-order valence-electron chi connectivity index (χ1n) is 3.08. The number of rotatable bonds is 2. The molecular formula is C6H13Cl2N3O.